The molecule has 1 aromatic carbocycles. The van der Waals surface area contributed by atoms with Gasteiger partial charge in [-0.15, -0.1) is 0 Å². The molecule has 10 atom stereocenters. The lowest BCUT2D eigenvalue weighted by Crippen LogP contribution is -2.67. The number of hydrogen-bond acceptors (Lipinski definition) is 19. The molecule has 1 aromatic rings. The Morgan fingerprint density at radius 1 is 1.05 bits per heavy atom. The molecule has 4 N–H and O–H groups in total. The van der Waals surface area contributed by atoms with Gasteiger partial charge in [0.05, 0.1) is 18.1 Å². The van der Waals surface area contributed by atoms with E-state index in [1.807, 2.05) is 0 Å². The van der Waals surface area contributed by atoms with Crippen molar-refractivity contribution in [2.75, 3.05) is 30.0 Å². The quantitative estimate of drug-likeness (QED) is 0.0261. The fraction of sp³-hybridized carbons (Fsp3) is 0.633. The van der Waals surface area contributed by atoms with E-state index in [0.29, 0.717) is 5.56 Å². The molecule has 1 saturated carbocycles. The number of carbonyl (C=O) groups is 1. The highest BCUT2D eigenvalue weighted by molar-refractivity contribution is 8.07. The van der Waals surface area contributed by atoms with Gasteiger partial charge in [0.1, 0.15) is 84.7 Å². The minimum absolute atomic E-state index is 0.0279. The molecular weight excluding hydrogens is 856 g/mol. The largest absolute Gasteiger partial charge is 0.458 e. The average molecular weight is 931 g/mol. The third-order valence-corrected chi connectivity index (χ3v) is 8.89. The molecule has 4 rings (SSSR count). The van der Waals surface area contributed by atoms with Crippen molar-refractivity contribution < 1.29 is 57.2 Å². The van der Waals surface area contributed by atoms with Crippen LogP contribution < -0.4 is 14.2 Å². The van der Waals surface area contributed by atoms with Crippen molar-refractivity contribution in [2.45, 2.75) is 88.6 Å². The summed E-state index contributed by atoms with van der Waals surface area (Å²) in [5, 5.41) is 17.5. The van der Waals surface area contributed by atoms with Crippen molar-refractivity contribution in [2.24, 2.45) is 0 Å². The third kappa shape index (κ3) is 17.2. The summed E-state index contributed by atoms with van der Waals surface area (Å²) in [4.78, 5) is 13.7. The van der Waals surface area contributed by atoms with Crippen molar-refractivity contribution in [3.63, 3.8) is 0 Å². The summed E-state index contributed by atoms with van der Waals surface area (Å²) in [5.74, 6) is -0.422. The second kappa shape index (κ2) is 31.0. The molecule has 312 valence electrons. The molecule has 56 heavy (non-hydrogen) atoms. The van der Waals surface area contributed by atoms with Gasteiger partial charge in [-0.3, -0.25) is 4.79 Å². The molecule has 2 saturated heterocycles. The molecule has 1 amide bonds. The lowest BCUT2D eigenvalue weighted by atomic mass is 9.83. The Balaban J connectivity index is 0.00000177. The molecule has 2 aliphatic heterocycles. The number of rotatable bonds is 23. The maximum Gasteiger partial charge on any atom is 0.247 e. The third-order valence-electron chi connectivity index (χ3n) is 7.14. The van der Waals surface area contributed by atoms with Crippen LogP contribution in [-0.4, -0.2) is 172 Å². The lowest BCUT2D eigenvalue weighted by molar-refractivity contribution is -0.147. The summed E-state index contributed by atoms with van der Waals surface area (Å²) in [6, 6.07) is 3.49. The van der Waals surface area contributed by atoms with Crippen LogP contribution in [0.4, 0.5) is 0 Å². The molecule has 1 aliphatic carbocycles. The summed E-state index contributed by atoms with van der Waals surface area (Å²) < 4.78 is 141. The summed E-state index contributed by atoms with van der Waals surface area (Å²) in [7, 11) is -3.62. The van der Waals surface area contributed by atoms with E-state index < -0.39 is 90.4 Å². The van der Waals surface area contributed by atoms with Gasteiger partial charge in [0, 0.05) is 30.9 Å². The smallest absolute Gasteiger partial charge is 0.247 e. The van der Waals surface area contributed by atoms with E-state index in [4.69, 9.17) is 68.7 Å². The second-order valence-electron chi connectivity index (χ2n) is 10.9. The van der Waals surface area contributed by atoms with Crippen LogP contribution in [0.15, 0.2) is 36.1 Å². The predicted molar refractivity (Wildman–Crippen MR) is 257 cm³/mol. The van der Waals surface area contributed by atoms with Crippen molar-refractivity contribution in [3.8, 4) is 11.5 Å². The van der Waals surface area contributed by atoms with E-state index in [2.05, 4.69) is 49.3 Å². The minimum atomic E-state index is -1.32. The Kier molecular flexibility index (Phi) is 19.7. The maximum atomic E-state index is 13.7. The Bertz CT molecular complexity index is 1640. The topological polar surface area (TPSA) is 164 Å². The molecule has 0 spiro atoms. The van der Waals surface area contributed by atoms with Gasteiger partial charge >= 0.3 is 0 Å². The first-order valence-corrected chi connectivity index (χ1v) is 21.7. The zero-order valence-corrected chi connectivity index (χ0v) is 37.1. The van der Waals surface area contributed by atoms with Crippen molar-refractivity contribution >= 4 is 140 Å². The number of benzene rings is 1. The lowest BCUT2D eigenvalue weighted by Gasteiger charge is -2.43. The first-order chi connectivity index (χ1) is 32.5. The number of ether oxygens (including phenoxy) is 4. The molecule has 3 fully saturated rings. The summed E-state index contributed by atoms with van der Waals surface area (Å²) >= 11 is 14.1. The van der Waals surface area contributed by atoms with E-state index in [1.165, 1.54) is 25.1 Å². The van der Waals surface area contributed by atoms with Crippen molar-refractivity contribution in [1.82, 2.24) is 5.32 Å². The molecule has 0 radical (unpaired) electrons. The van der Waals surface area contributed by atoms with Gasteiger partial charge in [0.2, 0.25) is 16.5 Å². The first-order valence-electron chi connectivity index (χ1n) is 23.7. The normalized spacial score (nSPS) is 30.6. The highest BCUT2D eigenvalue weighted by Gasteiger charge is 2.55. The SMILES string of the molecule is [2H]B(C)S.[2H]B(C)S.[2H]B(C)S.[2H]B([3H])CSOc1cc(/C=C(\C)C(=O)NC2[C@@H](OSCB([2H])[3H])[C@@H]3OCO[C@@H]3[C@H](O[3H])[C@H]2O[3H])ccc1O[C@@H]1O[C@H](C(=C)OSC[3H])[C@@H](OSCB([2H])[3H])[C@@H]1O[3H]. The first kappa shape index (κ1) is 35.7. The number of carbonyl (C=O) groups excluding carboxylic acids is 1. The van der Waals surface area contributed by atoms with Gasteiger partial charge in [-0.25, -0.2) is 37.4 Å². The van der Waals surface area contributed by atoms with E-state index in [-0.39, 0.29) is 72.4 Å². The molecule has 2 heterocycles. The molecular formula is C30H55B6NO12S7. The zero-order valence-electron chi connectivity index (χ0n) is 44.2. The number of thiol groups is 3. The Hall–Kier alpha value is 0.0896. The van der Waals surface area contributed by atoms with E-state index in [0.717, 1.165) is 48.2 Å². The van der Waals surface area contributed by atoms with Crippen LogP contribution in [0, 0.1) is 0 Å². The van der Waals surface area contributed by atoms with Crippen LogP contribution in [-0.2, 0) is 31.6 Å². The van der Waals surface area contributed by atoms with Crippen LogP contribution in [0.2, 0.25) is 20.5 Å². The Morgan fingerprint density at radius 3 is 2.30 bits per heavy atom. The Morgan fingerprint density at radius 2 is 1.68 bits per heavy atom. The summed E-state index contributed by atoms with van der Waals surface area (Å²) in [6.45, 7) is 9.62. The number of aliphatic hydroxyl groups is 3. The van der Waals surface area contributed by atoms with Gasteiger partial charge in [-0.1, -0.05) is 33.1 Å². The van der Waals surface area contributed by atoms with Crippen LogP contribution in [0.25, 0.3) is 6.08 Å². The van der Waals surface area contributed by atoms with Crippen LogP contribution in [0.3, 0.4) is 0 Å². The molecule has 3 aliphatic rings. The molecule has 26 heteroatoms. The van der Waals surface area contributed by atoms with Gasteiger partial charge < -0.3 is 56.3 Å². The van der Waals surface area contributed by atoms with Gasteiger partial charge in [0.25, 0.3) is 0 Å². The molecule has 0 aromatic heterocycles. The highest BCUT2D eigenvalue weighted by Crippen LogP contribution is 2.38. The zero-order chi connectivity index (χ0) is 52.4. The number of amides is 1. The number of hydrogen-bond donors (Lipinski definition) is 7. The second-order valence-corrected chi connectivity index (χ2v) is 15.1. The predicted octanol–water partition coefficient (Wildman–Crippen LogP) is 0.138. The summed E-state index contributed by atoms with van der Waals surface area (Å²) in [6.07, 6.45) is -8.35. The van der Waals surface area contributed by atoms with Crippen LogP contribution in [0.1, 0.15) is 13.9 Å². The molecule has 1 unspecified atom stereocenters. The summed E-state index contributed by atoms with van der Waals surface area (Å²) in [5.41, 5.74) is 0.494. The van der Waals surface area contributed by atoms with E-state index in [9.17, 15) is 4.79 Å². The number of nitrogens with one attached hydrogen (secondary N) is 1. The van der Waals surface area contributed by atoms with Crippen molar-refractivity contribution in [3.05, 3.63) is 41.7 Å². The highest BCUT2D eigenvalue weighted by atomic mass is 32.2. The van der Waals surface area contributed by atoms with Gasteiger partial charge in [-0.2, -0.15) is 0 Å². The van der Waals surface area contributed by atoms with Crippen LogP contribution in [0.5, 0.6) is 11.5 Å². The monoisotopic (exact) mass is 931 g/mol. The number of aliphatic hydroxyl groups excluding tert-OH is 3. The fourth-order valence-electron chi connectivity index (χ4n) is 5.04. The van der Waals surface area contributed by atoms with Gasteiger partial charge in [0.15, 0.2) is 31.1 Å². The standard InChI is InChI=1S/C27H40B3NO12S4.3CH5BS/c1-12(26(35)31-17-18(32)19(33)23-25(37-11-36-23)22(17)42-46-9-29)6-14-4-5-15(16(7-14)41-45-8-28)38-27-20(34)24(43-47-10-30)21(39-27)13(2)40-44-3;3*1-2-3/h4-7,17-25,27,32-34H,2,8-11,28-30H2,1,3H3,(H,31,35);3*2-3H,1H3/b12-6+;;;/t17?,18-,19+,20-,21+,22+,23+,24-,25-,27+;;;/m0.../s1/i3T,28TD,29TD,30TD,32T,33T,34T;3*2D. The van der Waals surface area contributed by atoms with Gasteiger partial charge in [-0.05, 0) is 78.1 Å². The van der Waals surface area contributed by atoms with Crippen LogP contribution >= 0.6 is 85.6 Å². The molecule has 13 nitrogen and oxygen atoms in total. The Labute approximate surface area is 389 Å². The fourth-order valence-corrected chi connectivity index (χ4v) is 6.52. The van der Waals surface area contributed by atoms with Crippen molar-refractivity contribution in [1.29, 1.82) is 16.3 Å². The van der Waals surface area contributed by atoms with E-state index in [1.54, 1.807) is 26.5 Å². The maximum absolute atomic E-state index is 13.7. The minimum Gasteiger partial charge on any atom is -0.458 e. The van der Waals surface area contributed by atoms with E-state index >= 15 is 0 Å². The average Bonchev–Trinajstić information content (AvgIpc) is 3.88. The number of fused-ring (bicyclic) bond motifs is 1. The molecule has 0 bridgehead atoms.